The predicted molar refractivity (Wildman–Crippen MR) is 81.7 cm³/mol. The van der Waals surface area contributed by atoms with Gasteiger partial charge in [-0.05, 0) is 24.3 Å². The van der Waals surface area contributed by atoms with Crippen molar-refractivity contribution >= 4 is 5.69 Å². The normalized spacial score (nSPS) is 11.7. The second kappa shape index (κ2) is 6.42. The fourth-order valence-corrected chi connectivity index (χ4v) is 2.15. The molecular formula is C14H14F3N7O. The highest BCUT2D eigenvalue weighted by Gasteiger charge is 2.29. The van der Waals surface area contributed by atoms with E-state index in [-0.39, 0.29) is 12.2 Å². The number of aromatic amines is 1. The second-order valence-electron chi connectivity index (χ2n) is 5.34. The summed E-state index contributed by atoms with van der Waals surface area (Å²) in [5.41, 5.74) is 0.113. The standard InChI is InChI=1S/C14H14F3N7O/c1-23-13(25)19-12(21-23)8-24-7-11(20-22-24)6-18-10-4-2-9(3-5-10)14(15,16)17/h2-5,7,18H,6,8H2,1H3,(H,19,21,25). The van der Waals surface area contributed by atoms with Crippen LogP contribution in [0.5, 0.6) is 0 Å². The summed E-state index contributed by atoms with van der Waals surface area (Å²) >= 11 is 0. The Hall–Kier alpha value is -3.11. The van der Waals surface area contributed by atoms with Crippen molar-refractivity contribution in [2.75, 3.05) is 5.32 Å². The van der Waals surface area contributed by atoms with Crippen LogP contribution in [-0.4, -0.2) is 29.8 Å². The van der Waals surface area contributed by atoms with Gasteiger partial charge in [0, 0.05) is 12.7 Å². The molecule has 0 saturated heterocycles. The SMILES string of the molecule is Cn1nc(Cn2cc(CNc3ccc(C(F)(F)F)cc3)nn2)[nH]c1=O. The number of H-pyrrole nitrogens is 1. The minimum atomic E-state index is -4.35. The quantitative estimate of drug-likeness (QED) is 0.723. The van der Waals surface area contributed by atoms with Crippen LogP contribution in [0.3, 0.4) is 0 Å². The molecule has 0 atom stereocenters. The van der Waals surface area contributed by atoms with Crippen molar-refractivity contribution in [1.82, 2.24) is 29.8 Å². The Morgan fingerprint density at radius 2 is 1.96 bits per heavy atom. The van der Waals surface area contributed by atoms with Gasteiger partial charge in [-0.2, -0.15) is 18.3 Å². The van der Waals surface area contributed by atoms with Gasteiger partial charge in [0.05, 0.1) is 18.3 Å². The third kappa shape index (κ3) is 4.05. The lowest BCUT2D eigenvalue weighted by molar-refractivity contribution is -0.137. The first-order valence-corrected chi connectivity index (χ1v) is 7.23. The molecule has 0 bridgehead atoms. The first-order valence-electron chi connectivity index (χ1n) is 7.23. The Morgan fingerprint density at radius 3 is 2.56 bits per heavy atom. The monoisotopic (exact) mass is 353 g/mol. The van der Waals surface area contributed by atoms with Crippen LogP contribution in [-0.2, 0) is 26.3 Å². The fourth-order valence-electron chi connectivity index (χ4n) is 2.15. The molecule has 0 aliphatic rings. The van der Waals surface area contributed by atoms with Gasteiger partial charge in [0.25, 0.3) is 0 Å². The van der Waals surface area contributed by atoms with Gasteiger partial charge in [0.2, 0.25) is 0 Å². The molecule has 0 spiro atoms. The molecule has 0 aliphatic carbocycles. The van der Waals surface area contributed by atoms with Gasteiger partial charge in [0.1, 0.15) is 12.2 Å². The van der Waals surface area contributed by atoms with Crippen molar-refractivity contribution < 1.29 is 13.2 Å². The topological polar surface area (TPSA) is 93.4 Å². The van der Waals surface area contributed by atoms with Gasteiger partial charge in [-0.1, -0.05) is 5.21 Å². The summed E-state index contributed by atoms with van der Waals surface area (Å²) < 4.78 is 40.2. The van der Waals surface area contributed by atoms with Crippen molar-refractivity contribution in [1.29, 1.82) is 0 Å². The highest BCUT2D eigenvalue weighted by Crippen LogP contribution is 2.29. The van der Waals surface area contributed by atoms with Gasteiger partial charge >= 0.3 is 11.9 Å². The Bertz CT molecular complexity index is 908. The highest BCUT2D eigenvalue weighted by molar-refractivity contribution is 5.45. The average molecular weight is 353 g/mol. The minimum Gasteiger partial charge on any atom is -0.379 e. The zero-order chi connectivity index (χ0) is 18.0. The Labute approximate surface area is 139 Å². The van der Waals surface area contributed by atoms with Gasteiger partial charge in [-0.15, -0.1) is 5.10 Å². The number of hydrogen-bond acceptors (Lipinski definition) is 5. The van der Waals surface area contributed by atoms with E-state index in [0.29, 0.717) is 23.8 Å². The van der Waals surface area contributed by atoms with Crippen LogP contribution in [0.25, 0.3) is 0 Å². The highest BCUT2D eigenvalue weighted by atomic mass is 19.4. The van der Waals surface area contributed by atoms with Crippen molar-refractivity contribution in [2.24, 2.45) is 7.05 Å². The van der Waals surface area contributed by atoms with Gasteiger partial charge in [-0.25, -0.2) is 14.2 Å². The molecule has 132 valence electrons. The Morgan fingerprint density at radius 1 is 1.24 bits per heavy atom. The number of anilines is 1. The number of aromatic nitrogens is 6. The van der Waals surface area contributed by atoms with Crippen LogP contribution in [0.2, 0.25) is 0 Å². The van der Waals surface area contributed by atoms with Crippen LogP contribution in [0.4, 0.5) is 18.9 Å². The number of nitrogens with one attached hydrogen (secondary N) is 2. The van der Waals surface area contributed by atoms with Crippen molar-refractivity contribution in [3.05, 3.63) is 58.0 Å². The van der Waals surface area contributed by atoms with Crippen LogP contribution in [0.1, 0.15) is 17.1 Å². The Balaban J connectivity index is 1.59. The summed E-state index contributed by atoms with van der Waals surface area (Å²) in [6, 6.07) is 4.73. The maximum atomic E-state index is 12.5. The zero-order valence-corrected chi connectivity index (χ0v) is 13.1. The molecule has 0 amide bonds. The van der Waals surface area contributed by atoms with E-state index in [0.717, 1.165) is 12.1 Å². The molecular weight excluding hydrogens is 339 g/mol. The number of nitrogens with zero attached hydrogens (tertiary/aromatic N) is 5. The van der Waals surface area contributed by atoms with Crippen LogP contribution in [0, 0.1) is 0 Å². The first kappa shape index (κ1) is 16.7. The number of alkyl halides is 3. The van der Waals surface area contributed by atoms with E-state index >= 15 is 0 Å². The zero-order valence-electron chi connectivity index (χ0n) is 13.1. The third-order valence-corrected chi connectivity index (χ3v) is 3.40. The third-order valence-electron chi connectivity index (χ3n) is 3.40. The molecule has 2 N–H and O–H groups in total. The molecule has 0 fully saturated rings. The molecule has 3 rings (SSSR count). The van der Waals surface area contributed by atoms with Gasteiger partial charge < -0.3 is 5.32 Å². The Kier molecular flexibility index (Phi) is 4.30. The van der Waals surface area contributed by atoms with Crippen LogP contribution in [0.15, 0.2) is 35.3 Å². The van der Waals surface area contributed by atoms with E-state index < -0.39 is 11.7 Å². The van der Waals surface area contributed by atoms with E-state index in [1.807, 2.05) is 0 Å². The molecule has 25 heavy (non-hydrogen) atoms. The van der Waals surface area contributed by atoms with Gasteiger partial charge in [-0.3, -0.25) is 4.98 Å². The van der Waals surface area contributed by atoms with E-state index in [4.69, 9.17) is 0 Å². The molecule has 8 nitrogen and oxygen atoms in total. The van der Waals surface area contributed by atoms with Crippen LogP contribution >= 0.6 is 0 Å². The van der Waals surface area contributed by atoms with E-state index in [1.54, 1.807) is 6.20 Å². The lowest BCUT2D eigenvalue weighted by Gasteiger charge is -2.08. The molecule has 2 heterocycles. The summed E-state index contributed by atoms with van der Waals surface area (Å²) in [6.45, 7) is 0.549. The van der Waals surface area contributed by atoms with E-state index in [1.165, 1.54) is 28.5 Å². The number of aryl methyl sites for hydroxylation is 1. The number of halogens is 3. The maximum absolute atomic E-state index is 12.5. The molecule has 3 aromatic rings. The van der Waals surface area contributed by atoms with E-state index in [2.05, 4.69) is 25.7 Å². The predicted octanol–water partition coefficient (Wildman–Crippen LogP) is 1.38. The minimum absolute atomic E-state index is 0.253. The van der Waals surface area contributed by atoms with Crippen molar-refractivity contribution in [2.45, 2.75) is 19.3 Å². The largest absolute Gasteiger partial charge is 0.416 e. The van der Waals surface area contributed by atoms with Gasteiger partial charge in [0.15, 0.2) is 5.82 Å². The summed E-state index contributed by atoms with van der Waals surface area (Å²) in [4.78, 5) is 13.9. The lowest BCUT2D eigenvalue weighted by atomic mass is 10.2. The summed E-state index contributed by atoms with van der Waals surface area (Å²) in [5.74, 6) is 0.444. The molecule has 11 heteroatoms. The smallest absolute Gasteiger partial charge is 0.379 e. The number of hydrogen-bond donors (Lipinski definition) is 2. The molecule has 0 aliphatic heterocycles. The molecule has 0 saturated carbocycles. The maximum Gasteiger partial charge on any atom is 0.416 e. The number of benzene rings is 1. The molecule has 0 unspecified atom stereocenters. The first-order chi connectivity index (χ1) is 11.8. The lowest BCUT2D eigenvalue weighted by Crippen LogP contribution is -2.13. The summed E-state index contributed by atoms with van der Waals surface area (Å²) in [5, 5.41) is 14.8. The second-order valence-corrected chi connectivity index (χ2v) is 5.34. The summed E-state index contributed by atoms with van der Waals surface area (Å²) in [6.07, 6.45) is -2.70. The average Bonchev–Trinajstić information content (AvgIpc) is 3.12. The molecule has 1 aromatic carbocycles. The van der Waals surface area contributed by atoms with E-state index in [9.17, 15) is 18.0 Å². The number of rotatable bonds is 5. The molecule has 2 aromatic heterocycles. The van der Waals surface area contributed by atoms with Crippen molar-refractivity contribution in [3.8, 4) is 0 Å². The van der Waals surface area contributed by atoms with Crippen LogP contribution < -0.4 is 11.0 Å². The van der Waals surface area contributed by atoms with Crippen molar-refractivity contribution in [3.63, 3.8) is 0 Å². The molecule has 0 radical (unpaired) electrons. The fraction of sp³-hybridized carbons (Fsp3) is 0.286. The summed E-state index contributed by atoms with van der Waals surface area (Å²) in [7, 11) is 1.53.